The predicted molar refractivity (Wildman–Crippen MR) is 94.7 cm³/mol. The van der Waals surface area contributed by atoms with Crippen molar-refractivity contribution in [2.45, 2.75) is 33.2 Å². The molecule has 2 rings (SSSR count). The monoisotopic (exact) mass is 372 g/mol. The van der Waals surface area contributed by atoms with Gasteiger partial charge in [0.25, 0.3) is 0 Å². The maximum absolute atomic E-state index is 12.5. The van der Waals surface area contributed by atoms with Crippen LogP contribution in [-0.4, -0.2) is 50.4 Å². The van der Waals surface area contributed by atoms with Crippen LogP contribution < -0.4 is 4.72 Å². The molecule has 0 aliphatic carbocycles. The highest BCUT2D eigenvalue weighted by Gasteiger charge is 2.38. The van der Waals surface area contributed by atoms with Crippen LogP contribution >= 0.6 is 11.3 Å². The van der Waals surface area contributed by atoms with Gasteiger partial charge < -0.3 is 4.90 Å². The van der Waals surface area contributed by atoms with Gasteiger partial charge in [0.15, 0.2) is 5.78 Å². The molecule has 0 saturated carbocycles. The molecule has 1 amide bonds. The van der Waals surface area contributed by atoms with E-state index in [0.29, 0.717) is 18.0 Å². The summed E-state index contributed by atoms with van der Waals surface area (Å²) in [6, 6.07) is 1.51. The Bertz CT molecular complexity index is 724. The van der Waals surface area contributed by atoms with Crippen LogP contribution in [0.3, 0.4) is 0 Å². The third-order valence-electron chi connectivity index (χ3n) is 4.30. The molecule has 0 radical (unpaired) electrons. The number of likely N-dealkylation sites (tertiary alicyclic amines) is 1. The van der Waals surface area contributed by atoms with E-state index in [1.807, 2.05) is 19.2 Å². The Morgan fingerprint density at radius 3 is 2.54 bits per heavy atom. The zero-order valence-corrected chi connectivity index (χ0v) is 16.0. The quantitative estimate of drug-likeness (QED) is 0.768. The smallest absolute Gasteiger partial charge is 0.227 e. The second-order valence-corrected chi connectivity index (χ2v) is 9.45. The third-order valence-corrected chi connectivity index (χ3v) is 6.11. The van der Waals surface area contributed by atoms with Crippen LogP contribution in [0.15, 0.2) is 11.4 Å². The lowest BCUT2D eigenvalue weighted by Gasteiger charge is -2.21. The fourth-order valence-corrected chi connectivity index (χ4v) is 4.66. The summed E-state index contributed by atoms with van der Waals surface area (Å²) in [6.45, 7) is 6.51. The SMILES string of the molecule is CC(=O)c1cc(CC(=O)N2CC(NS(C)(=O)=O)C(C(C)C)C2)cs1. The van der Waals surface area contributed by atoms with Gasteiger partial charge in [0.05, 0.1) is 17.6 Å². The molecule has 6 nitrogen and oxygen atoms in total. The van der Waals surface area contributed by atoms with E-state index in [9.17, 15) is 18.0 Å². The Morgan fingerprint density at radius 1 is 1.38 bits per heavy atom. The van der Waals surface area contributed by atoms with E-state index < -0.39 is 10.0 Å². The van der Waals surface area contributed by atoms with Crippen molar-refractivity contribution in [2.24, 2.45) is 11.8 Å². The number of Topliss-reactive ketones (excluding diaryl/α,β-unsaturated/α-hetero) is 1. The normalized spacial score (nSPS) is 21.5. The minimum absolute atomic E-state index is 0.00263. The maximum Gasteiger partial charge on any atom is 0.227 e. The largest absolute Gasteiger partial charge is 0.340 e. The van der Waals surface area contributed by atoms with Crippen LogP contribution in [0.25, 0.3) is 0 Å². The lowest BCUT2D eigenvalue weighted by atomic mass is 9.92. The van der Waals surface area contributed by atoms with Gasteiger partial charge in [-0.3, -0.25) is 9.59 Å². The van der Waals surface area contributed by atoms with E-state index >= 15 is 0 Å². The van der Waals surface area contributed by atoms with E-state index in [-0.39, 0.29) is 36.0 Å². The number of nitrogens with zero attached hydrogens (tertiary/aromatic N) is 1. The van der Waals surface area contributed by atoms with Crippen LogP contribution in [0.2, 0.25) is 0 Å². The van der Waals surface area contributed by atoms with Gasteiger partial charge in [-0.2, -0.15) is 0 Å². The first-order valence-corrected chi connectivity index (χ1v) is 10.7. The molecular weight excluding hydrogens is 348 g/mol. The molecule has 2 heterocycles. The number of ketones is 1. The van der Waals surface area contributed by atoms with Gasteiger partial charge in [-0.25, -0.2) is 13.1 Å². The molecule has 1 saturated heterocycles. The van der Waals surface area contributed by atoms with Crippen molar-refractivity contribution in [3.8, 4) is 0 Å². The molecule has 0 aromatic carbocycles. The maximum atomic E-state index is 12.5. The van der Waals surface area contributed by atoms with Crippen LogP contribution in [0.4, 0.5) is 0 Å². The molecule has 8 heteroatoms. The molecule has 0 spiro atoms. The highest BCUT2D eigenvalue weighted by atomic mass is 32.2. The van der Waals surface area contributed by atoms with Crippen LogP contribution in [0, 0.1) is 11.8 Å². The van der Waals surface area contributed by atoms with Gasteiger partial charge in [0.1, 0.15) is 0 Å². The molecule has 1 N–H and O–H groups in total. The number of carbonyl (C=O) groups excluding carboxylic acids is 2. The summed E-state index contributed by atoms with van der Waals surface area (Å²) in [5.74, 6) is 0.329. The molecule has 24 heavy (non-hydrogen) atoms. The molecule has 2 unspecified atom stereocenters. The van der Waals surface area contributed by atoms with Crippen molar-refractivity contribution in [3.63, 3.8) is 0 Å². The summed E-state index contributed by atoms with van der Waals surface area (Å²) < 4.78 is 25.7. The van der Waals surface area contributed by atoms with E-state index in [1.165, 1.54) is 18.3 Å². The first-order valence-electron chi connectivity index (χ1n) is 7.90. The Balaban J connectivity index is 2.05. The Hall–Kier alpha value is -1.25. The predicted octanol–water partition coefficient (Wildman–Crippen LogP) is 1.53. The molecule has 1 aliphatic heterocycles. The number of hydrogen-bond donors (Lipinski definition) is 1. The zero-order valence-electron chi connectivity index (χ0n) is 14.4. The van der Waals surface area contributed by atoms with Crippen molar-refractivity contribution in [3.05, 3.63) is 21.9 Å². The fraction of sp³-hybridized carbons (Fsp3) is 0.625. The van der Waals surface area contributed by atoms with E-state index in [1.54, 1.807) is 11.0 Å². The van der Waals surface area contributed by atoms with E-state index in [4.69, 9.17) is 0 Å². The topological polar surface area (TPSA) is 83.6 Å². The first kappa shape index (κ1) is 19.1. The minimum atomic E-state index is -3.31. The van der Waals surface area contributed by atoms with Gasteiger partial charge in [-0.15, -0.1) is 11.3 Å². The Labute approximate surface area is 147 Å². The van der Waals surface area contributed by atoms with Crippen molar-refractivity contribution < 1.29 is 18.0 Å². The highest BCUT2D eigenvalue weighted by Crippen LogP contribution is 2.26. The van der Waals surface area contributed by atoms with Gasteiger partial charge >= 0.3 is 0 Å². The molecule has 1 aliphatic rings. The fourth-order valence-electron chi connectivity index (χ4n) is 3.05. The summed E-state index contributed by atoms with van der Waals surface area (Å²) in [5.41, 5.74) is 0.829. The summed E-state index contributed by atoms with van der Waals surface area (Å²) in [6.07, 6.45) is 1.38. The standard InChI is InChI=1S/C16H24N2O4S2/c1-10(2)13-7-18(8-14(13)17-24(4,21)22)16(20)6-12-5-15(11(3)19)23-9-12/h5,9-10,13-14,17H,6-8H2,1-4H3. The number of thiophene rings is 1. The van der Waals surface area contributed by atoms with Crippen molar-refractivity contribution in [1.82, 2.24) is 9.62 Å². The lowest BCUT2D eigenvalue weighted by Crippen LogP contribution is -2.41. The number of carbonyl (C=O) groups is 2. The number of nitrogens with one attached hydrogen (secondary N) is 1. The number of hydrogen-bond acceptors (Lipinski definition) is 5. The van der Waals surface area contributed by atoms with Crippen molar-refractivity contribution >= 4 is 33.1 Å². The second-order valence-electron chi connectivity index (χ2n) is 6.76. The average Bonchev–Trinajstić information content (AvgIpc) is 3.03. The van der Waals surface area contributed by atoms with Gasteiger partial charge in [-0.05, 0) is 35.8 Å². The molecule has 1 aromatic rings. The summed E-state index contributed by atoms with van der Waals surface area (Å²) in [7, 11) is -3.31. The van der Waals surface area contributed by atoms with Gasteiger partial charge in [0.2, 0.25) is 15.9 Å². The third kappa shape index (κ3) is 4.87. The molecule has 2 atom stereocenters. The average molecular weight is 373 g/mol. The first-order chi connectivity index (χ1) is 11.1. The van der Waals surface area contributed by atoms with Crippen LogP contribution in [0.5, 0.6) is 0 Å². The molecule has 1 fully saturated rings. The number of rotatable bonds is 6. The van der Waals surface area contributed by atoms with Crippen LogP contribution in [0.1, 0.15) is 36.0 Å². The molecular formula is C16H24N2O4S2. The van der Waals surface area contributed by atoms with Gasteiger partial charge in [0, 0.05) is 19.1 Å². The zero-order chi connectivity index (χ0) is 18.1. The Kier molecular flexibility index (Phi) is 5.83. The number of sulfonamides is 1. The summed E-state index contributed by atoms with van der Waals surface area (Å²) in [4.78, 5) is 26.3. The van der Waals surface area contributed by atoms with Crippen molar-refractivity contribution in [2.75, 3.05) is 19.3 Å². The van der Waals surface area contributed by atoms with Crippen molar-refractivity contribution in [1.29, 1.82) is 0 Å². The summed E-state index contributed by atoms with van der Waals surface area (Å²) in [5, 5.41) is 1.83. The highest BCUT2D eigenvalue weighted by molar-refractivity contribution is 7.88. The van der Waals surface area contributed by atoms with Crippen LogP contribution in [-0.2, 0) is 21.2 Å². The number of amides is 1. The summed E-state index contributed by atoms with van der Waals surface area (Å²) >= 11 is 1.34. The molecule has 134 valence electrons. The van der Waals surface area contributed by atoms with E-state index in [0.717, 1.165) is 11.8 Å². The van der Waals surface area contributed by atoms with Gasteiger partial charge in [-0.1, -0.05) is 13.8 Å². The minimum Gasteiger partial charge on any atom is -0.340 e. The Morgan fingerprint density at radius 2 is 2.04 bits per heavy atom. The van der Waals surface area contributed by atoms with E-state index in [2.05, 4.69) is 4.72 Å². The molecule has 0 bridgehead atoms. The second kappa shape index (κ2) is 7.33. The lowest BCUT2D eigenvalue weighted by molar-refractivity contribution is -0.129. The molecule has 1 aromatic heterocycles.